The van der Waals surface area contributed by atoms with Crippen molar-refractivity contribution in [2.24, 2.45) is 17.6 Å². The Morgan fingerprint density at radius 3 is 2.40 bits per heavy atom. The van der Waals surface area contributed by atoms with Gasteiger partial charge in [0.1, 0.15) is 6.10 Å². The summed E-state index contributed by atoms with van der Waals surface area (Å²) in [7, 11) is 4.48. The summed E-state index contributed by atoms with van der Waals surface area (Å²) in [5.74, 6) is -2.06. The molecule has 40 heavy (non-hydrogen) atoms. The number of ketones is 2. The van der Waals surface area contributed by atoms with Gasteiger partial charge in [0, 0.05) is 44.4 Å². The maximum Gasteiger partial charge on any atom is 0.405 e. The molecule has 0 aromatic heterocycles. The van der Waals surface area contributed by atoms with Crippen LogP contribution in [0.3, 0.4) is 0 Å². The molecule has 0 aromatic rings. The molecular weight excluding hydrogens is 518 g/mol. The first-order valence-electron chi connectivity index (χ1n) is 13.1. The molecule has 11 heteroatoms. The summed E-state index contributed by atoms with van der Waals surface area (Å²) >= 11 is 0. The molecule has 0 fully saturated rings. The zero-order valence-corrected chi connectivity index (χ0v) is 24.1. The fraction of sp³-hybridized carbons (Fsp3) is 0.517. The molecule has 2 aliphatic rings. The van der Waals surface area contributed by atoms with Crippen LogP contribution >= 0.6 is 0 Å². The van der Waals surface area contributed by atoms with E-state index in [1.165, 1.54) is 20.3 Å². The molecule has 0 saturated heterocycles. The molecule has 1 aliphatic carbocycles. The van der Waals surface area contributed by atoms with Crippen LogP contribution < -0.4 is 16.4 Å². The van der Waals surface area contributed by atoms with E-state index in [0.29, 0.717) is 12.0 Å². The van der Waals surface area contributed by atoms with Crippen molar-refractivity contribution in [3.05, 3.63) is 58.5 Å². The number of rotatable bonds is 4. The van der Waals surface area contributed by atoms with Crippen molar-refractivity contribution in [2.75, 3.05) is 21.3 Å². The second kappa shape index (κ2) is 14.7. The highest BCUT2D eigenvalue weighted by Crippen LogP contribution is 2.28. The fourth-order valence-corrected chi connectivity index (χ4v) is 4.86. The minimum Gasteiger partial charge on any atom is -0.439 e. The number of hydrogen-bond donors (Lipinski definition) is 4. The average molecular weight is 560 g/mol. The van der Waals surface area contributed by atoms with Crippen molar-refractivity contribution in [3.63, 3.8) is 0 Å². The van der Waals surface area contributed by atoms with Crippen LogP contribution in [0.2, 0.25) is 0 Å². The van der Waals surface area contributed by atoms with Crippen LogP contribution in [0.15, 0.2) is 58.5 Å². The van der Waals surface area contributed by atoms with Crippen LogP contribution in [0, 0.1) is 11.8 Å². The van der Waals surface area contributed by atoms with Crippen molar-refractivity contribution in [1.82, 2.24) is 10.6 Å². The minimum atomic E-state index is -0.997. The van der Waals surface area contributed by atoms with Gasteiger partial charge in [-0.3, -0.25) is 14.4 Å². The number of likely N-dealkylation sites (N-methyl/N-ethyl adjacent to an activating group) is 1. The van der Waals surface area contributed by atoms with Crippen molar-refractivity contribution in [2.45, 2.75) is 65.0 Å². The zero-order chi connectivity index (χ0) is 30.1. The lowest BCUT2D eigenvalue weighted by Crippen LogP contribution is -2.37. The van der Waals surface area contributed by atoms with Gasteiger partial charge in [-0.25, -0.2) is 4.79 Å². The second-order valence-electron chi connectivity index (χ2n) is 10.2. The number of nitrogens with one attached hydrogen (secondary N) is 2. The van der Waals surface area contributed by atoms with E-state index >= 15 is 0 Å². The van der Waals surface area contributed by atoms with Gasteiger partial charge in [0.15, 0.2) is 6.10 Å². The molecule has 220 valence electrons. The number of nitrogens with two attached hydrogens (primary N) is 1. The van der Waals surface area contributed by atoms with Gasteiger partial charge < -0.3 is 35.7 Å². The Morgan fingerprint density at radius 2 is 1.82 bits per heavy atom. The predicted molar refractivity (Wildman–Crippen MR) is 149 cm³/mol. The van der Waals surface area contributed by atoms with Gasteiger partial charge >= 0.3 is 6.09 Å². The highest BCUT2D eigenvalue weighted by atomic mass is 16.6. The summed E-state index contributed by atoms with van der Waals surface area (Å²) in [6, 6.07) is 0. The Morgan fingerprint density at radius 1 is 1.15 bits per heavy atom. The number of methoxy groups -OCH3 is 2. The Labute approximate surface area is 235 Å². The molecule has 2 bridgehead atoms. The van der Waals surface area contributed by atoms with E-state index in [-0.39, 0.29) is 34.9 Å². The average Bonchev–Trinajstić information content (AvgIpc) is 2.90. The van der Waals surface area contributed by atoms with E-state index in [1.807, 2.05) is 6.92 Å². The normalized spacial score (nSPS) is 32.7. The van der Waals surface area contributed by atoms with Gasteiger partial charge in [0.2, 0.25) is 11.6 Å². The molecule has 0 spiro atoms. The molecule has 0 aromatic carbocycles. The first-order valence-corrected chi connectivity index (χ1v) is 13.1. The highest BCUT2D eigenvalue weighted by Gasteiger charge is 2.33. The molecule has 2 unspecified atom stereocenters. The molecule has 0 saturated carbocycles. The molecule has 2 amide bonds. The number of Topliss-reactive ketones (excluding diaryl/α,β-unsaturated/α-hetero) is 1. The molecule has 0 radical (unpaired) electrons. The molecule has 11 nitrogen and oxygen atoms in total. The molecule has 1 heterocycles. The van der Waals surface area contributed by atoms with Crippen molar-refractivity contribution in [3.8, 4) is 0 Å². The van der Waals surface area contributed by atoms with Crippen molar-refractivity contribution >= 4 is 23.6 Å². The molecule has 5 N–H and O–H groups in total. The zero-order valence-electron chi connectivity index (χ0n) is 24.1. The van der Waals surface area contributed by atoms with E-state index in [1.54, 1.807) is 46.0 Å². The Balaban J connectivity index is 2.60. The minimum absolute atomic E-state index is 0.118. The topological polar surface area (TPSA) is 166 Å². The number of carbonyl (C=O) groups excluding carboxylic acids is 4. The van der Waals surface area contributed by atoms with Crippen LogP contribution in [-0.4, -0.2) is 74.4 Å². The fourth-order valence-electron chi connectivity index (χ4n) is 4.86. The summed E-state index contributed by atoms with van der Waals surface area (Å²) in [4.78, 5) is 50.7. The Bertz CT molecular complexity index is 1150. The number of allylic oxidation sites excluding steroid dienone is 4. The monoisotopic (exact) mass is 559 g/mol. The van der Waals surface area contributed by atoms with Crippen LogP contribution in [0.4, 0.5) is 4.79 Å². The largest absolute Gasteiger partial charge is 0.439 e. The number of amides is 2. The summed E-state index contributed by atoms with van der Waals surface area (Å²) in [6.07, 6.45) is 3.86. The van der Waals surface area contributed by atoms with Crippen LogP contribution in [0.5, 0.6) is 0 Å². The molecular formula is C29H41N3O8. The lowest BCUT2D eigenvalue weighted by molar-refractivity contribution is -0.120. The SMILES string of the molecule is CNC1=C2CC(C)CC(OC)[C@@H](O)[C@H](C)/C=C(/C)[C@@H](OC(N)=O)[C@H](OC)/C=C\C=C(\C)C(=O)NC(=CC1=O)C2=O. The van der Waals surface area contributed by atoms with Crippen LogP contribution in [0.1, 0.15) is 40.5 Å². The van der Waals surface area contributed by atoms with E-state index in [4.69, 9.17) is 19.9 Å². The summed E-state index contributed by atoms with van der Waals surface area (Å²) in [5, 5.41) is 16.5. The second-order valence-corrected chi connectivity index (χ2v) is 10.2. The third-order valence-electron chi connectivity index (χ3n) is 7.04. The number of carbonyl (C=O) groups is 4. The van der Waals surface area contributed by atoms with E-state index in [2.05, 4.69) is 10.6 Å². The van der Waals surface area contributed by atoms with Crippen molar-refractivity contribution in [1.29, 1.82) is 0 Å². The first kappa shape index (κ1) is 32.7. The molecule has 6 atom stereocenters. The van der Waals surface area contributed by atoms with Gasteiger partial charge in [-0.05, 0) is 38.2 Å². The highest BCUT2D eigenvalue weighted by molar-refractivity contribution is 6.23. The molecule has 2 rings (SSSR count). The standard InChI is InChI=1S/C29H41N3O8/c1-15-11-19-24(31-5)21(33)14-20(26(19)35)32-28(36)16(2)9-8-10-22(38-6)27(40-29(30)37)18(4)13-17(3)25(34)23(12-15)39-7/h8-10,13-15,17,22-23,25,27,31,34H,11-12H2,1-7H3,(H2,30,37)(H,32,36)/b10-8-,16-9-,18-13-/t15?,17-,22-,23?,25+,27-/m1/s1. The lowest BCUT2D eigenvalue weighted by atomic mass is 9.85. The van der Waals surface area contributed by atoms with Gasteiger partial charge in [0.05, 0.1) is 23.6 Å². The van der Waals surface area contributed by atoms with Gasteiger partial charge in [-0.15, -0.1) is 0 Å². The smallest absolute Gasteiger partial charge is 0.405 e. The van der Waals surface area contributed by atoms with Gasteiger partial charge in [-0.2, -0.15) is 0 Å². The summed E-state index contributed by atoms with van der Waals surface area (Å²) in [6.45, 7) is 6.98. The van der Waals surface area contributed by atoms with Gasteiger partial charge in [-0.1, -0.05) is 38.2 Å². The van der Waals surface area contributed by atoms with Crippen LogP contribution in [0.25, 0.3) is 0 Å². The third kappa shape index (κ3) is 8.23. The molecule has 1 aliphatic heterocycles. The predicted octanol–water partition coefficient (Wildman–Crippen LogP) is 1.98. The number of primary amides is 1. The summed E-state index contributed by atoms with van der Waals surface area (Å²) in [5.41, 5.74) is 6.47. The van der Waals surface area contributed by atoms with Gasteiger partial charge in [0.25, 0.3) is 5.91 Å². The number of aliphatic hydroxyl groups excluding tert-OH is 1. The third-order valence-corrected chi connectivity index (χ3v) is 7.04. The number of hydrogen-bond acceptors (Lipinski definition) is 9. The summed E-state index contributed by atoms with van der Waals surface area (Å²) < 4.78 is 16.5. The Hall–Kier alpha value is -3.54. The van der Waals surface area contributed by atoms with E-state index in [9.17, 15) is 24.3 Å². The van der Waals surface area contributed by atoms with E-state index in [0.717, 1.165) is 6.08 Å². The number of fused-ring (bicyclic) bond motifs is 2. The lowest BCUT2D eigenvalue weighted by Gasteiger charge is -2.30. The quantitative estimate of drug-likeness (QED) is 0.297. The first-order chi connectivity index (χ1) is 18.8. The number of aliphatic hydroxyl groups is 1. The number of ether oxygens (including phenoxy) is 3. The maximum absolute atomic E-state index is 13.4. The van der Waals surface area contributed by atoms with E-state index < -0.39 is 53.9 Å². The Kier molecular flexibility index (Phi) is 12.0. The van der Waals surface area contributed by atoms with Crippen molar-refractivity contribution < 1.29 is 38.5 Å². The van der Waals surface area contributed by atoms with Crippen LogP contribution in [-0.2, 0) is 28.6 Å². The maximum atomic E-state index is 13.4.